The van der Waals surface area contributed by atoms with E-state index in [-0.39, 0.29) is 11.6 Å². The smallest absolute Gasteiger partial charge is 0.233 e. The van der Waals surface area contributed by atoms with Gasteiger partial charge in [-0.05, 0) is 17.7 Å². The molecular weight excluding hydrogens is 274 g/mol. The van der Waals surface area contributed by atoms with Crippen molar-refractivity contribution in [2.45, 2.75) is 0 Å². The lowest BCUT2D eigenvalue weighted by atomic mass is 10.1. The van der Waals surface area contributed by atoms with Gasteiger partial charge in [-0.15, -0.1) is 11.6 Å². The Labute approximate surface area is 110 Å². The number of alkyl halides is 1. The molecule has 5 nitrogen and oxygen atoms in total. The molecule has 1 heterocycles. The molecule has 0 radical (unpaired) electrons. The maximum Gasteiger partial charge on any atom is 0.233 e. The van der Waals surface area contributed by atoms with Gasteiger partial charge in [0.2, 0.25) is 10.0 Å². The second kappa shape index (κ2) is 5.41. The van der Waals surface area contributed by atoms with E-state index >= 15 is 0 Å². The quantitative estimate of drug-likeness (QED) is 0.826. The van der Waals surface area contributed by atoms with Crippen molar-refractivity contribution in [2.75, 3.05) is 16.4 Å². The Morgan fingerprint density at radius 3 is 2.56 bits per heavy atom. The normalized spacial score (nSPS) is 11.4. The van der Waals surface area contributed by atoms with Gasteiger partial charge in [0, 0.05) is 11.6 Å². The van der Waals surface area contributed by atoms with E-state index in [2.05, 4.69) is 14.7 Å². The summed E-state index contributed by atoms with van der Waals surface area (Å²) in [5.41, 5.74) is 2.33. The number of nitrogens with zero attached hydrogens (tertiary/aromatic N) is 1. The molecule has 0 aliphatic rings. The molecular formula is C11H12ClN3O2S. The molecule has 0 bridgehead atoms. The monoisotopic (exact) mass is 285 g/mol. The van der Waals surface area contributed by atoms with Gasteiger partial charge < -0.3 is 4.98 Å². The molecule has 96 valence electrons. The summed E-state index contributed by atoms with van der Waals surface area (Å²) in [6, 6.07) is 7.02. The number of hydrogen-bond donors (Lipinski definition) is 2. The van der Waals surface area contributed by atoms with Gasteiger partial charge in [-0.2, -0.15) is 0 Å². The van der Waals surface area contributed by atoms with Gasteiger partial charge in [-0.25, -0.2) is 13.4 Å². The zero-order valence-electron chi connectivity index (χ0n) is 9.43. The third-order valence-electron chi connectivity index (χ3n) is 2.31. The van der Waals surface area contributed by atoms with E-state index in [1.54, 1.807) is 24.7 Å². The van der Waals surface area contributed by atoms with Crippen molar-refractivity contribution >= 4 is 27.3 Å². The highest BCUT2D eigenvalue weighted by Gasteiger charge is 2.09. The molecule has 0 fully saturated rings. The molecule has 1 aromatic carbocycles. The predicted molar refractivity (Wildman–Crippen MR) is 72.2 cm³/mol. The van der Waals surface area contributed by atoms with Crippen LogP contribution in [0.2, 0.25) is 0 Å². The Morgan fingerprint density at radius 1 is 1.28 bits per heavy atom. The van der Waals surface area contributed by atoms with Crippen LogP contribution in [-0.4, -0.2) is 30.0 Å². The summed E-state index contributed by atoms with van der Waals surface area (Å²) in [4.78, 5) is 6.90. The van der Waals surface area contributed by atoms with Gasteiger partial charge in [0.1, 0.15) is 0 Å². The second-order valence-corrected chi connectivity index (χ2v) is 5.87. The molecule has 7 heteroatoms. The lowest BCUT2D eigenvalue weighted by Gasteiger charge is -2.07. The first kappa shape index (κ1) is 12.9. The van der Waals surface area contributed by atoms with Crippen molar-refractivity contribution in [3.63, 3.8) is 0 Å². The average Bonchev–Trinajstić information content (AvgIpc) is 2.82. The van der Waals surface area contributed by atoms with Crippen LogP contribution < -0.4 is 4.72 Å². The molecule has 2 N–H and O–H groups in total. The number of imidazole rings is 1. The van der Waals surface area contributed by atoms with E-state index in [4.69, 9.17) is 11.6 Å². The third kappa shape index (κ3) is 3.24. The van der Waals surface area contributed by atoms with E-state index < -0.39 is 10.0 Å². The number of H-pyrrole nitrogens is 1. The topological polar surface area (TPSA) is 74.8 Å². The number of aromatic nitrogens is 2. The van der Waals surface area contributed by atoms with Gasteiger partial charge in [-0.3, -0.25) is 4.72 Å². The molecule has 0 amide bonds. The fourth-order valence-corrected chi connectivity index (χ4v) is 2.87. The predicted octanol–water partition coefficient (Wildman–Crippen LogP) is 2.06. The third-order valence-corrected chi connectivity index (χ3v) is 4.01. The summed E-state index contributed by atoms with van der Waals surface area (Å²) in [7, 11) is -3.35. The summed E-state index contributed by atoms with van der Waals surface area (Å²) in [5, 5.41) is 0. The summed E-state index contributed by atoms with van der Waals surface area (Å²) in [6.45, 7) is 0. The second-order valence-electron chi connectivity index (χ2n) is 3.65. The van der Waals surface area contributed by atoms with Crippen LogP contribution in [0.15, 0.2) is 36.8 Å². The molecule has 0 saturated heterocycles. The van der Waals surface area contributed by atoms with Crippen molar-refractivity contribution < 1.29 is 8.42 Å². The number of benzene rings is 1. The zero-order chi connectivity index (χ0) is 13.0. The van der Waals surface area contributed by atoms with Crippen LogP contribution in [0.3, 0.4) is 0 Å². The molecule has 0 atom stereocenters. The lowest BCUT2D eigenvalue weighted by molar-refractivity contribution is 0.602. The number of aromatic amines is 1. The molecule has 0 unspecified atom stereocenters. The Kier molecular flexibility index (Phi) is 3.88. The number of rotatable bonds is 5. The van der Waals surface area contributed by atoms with Crippen LogP contribution in [0.1, 0.15) is 0 Å². The van der Waals surface area contributed by atoms with Gasteiger partial charge in [0.25, 0.3) is 0 Å². The van der Waals surface area contributed by atoms with E-state index in [0.29, 0.717) is 5.69 Å². The molecule has 0 saturated carbocycles. The summed E-state index contributed by atoms with van der Waals surface area (Å²) in [6.07, 6.45) is 3.29. The molecule has 2 aromatic rings. The molecule has 0 spiro atoms. The first-order valence-electron chi connectivity index (χ1n) is 5.26. The maximum atomic E-state index is 11.5. The van der Waals surface area contributed by atoms with E-state index in [0.717, 1.165) is 11.3 Å². The number of hydrogen-bond acceptors (Lipinski definition) is 3. The minimum atomic E-state index is -3.35. The number of halogens is 1. The standard InChI is InChI=1S/C11H12ClN3O2S/c12-5-6-18(16,17)15-10-3-1-9(2-4-10)11-7-13-8-14-11/h1-4,7-8,15H,5-6H2,(H,13,14). The van der Waals surface area contributed by atoms with Crippen LogP contribution in [0, 0.1) is 0 Å². The number of sulfonamides is 1. The summed E-state index contributed by atoms with van der Waals surface area (Å²) >= 11 is 5.41. The lowest BCUT2D eigenvalue weighted by Crippen LogP contribution is -2.17. The Balaban J connectivity index is 2.14. The van der Waals surface area contributed by atoms with Crippen molar-refractivity contribution in [2.24, 2.45) is 0 Å². The highest BCUT2D eigenvalue weighted by molar-refractivity contribution is 7.92. The minimum Gasteiger partial charge on any atom is -0.345 e. The van der Waals surface area contributed by atoms with Crippen molar-refractivity contribution in [1.82, 2.24) is 9.97 Å². The fourth-order valence-electron chi connectivity index (χ4n) is 1.46. The SMILES string of the molecule is O=S(=O)(CCCl)Nc1ccc(-c2cnc[nH]2)cc1. The number of nitrogens with one attached hydrogen (secondary N) is 2. The van der Waals surface area contributed by atoms with E-state index in [1.165, 1.54) is 0 Å². The number of anilines is 1. The molecule has 1 aromatic heterocycles. The van der Waals surface area contributed by atoms with Crippen LogP contribution in [0.5, 0.6) is 0 Å². The highest BCUT2D eigenvalue weighted by atomic mass is 35.5. The minimum absolute atomic E-state index is 0.0710. The van der Waals surface area contributed by atoms with Crippen LogP contribution in [0.25, 0.3) is 11.3 Å². The fraction of sp³-hybridized carbons (Fsp3) is 0.182. The van der Waals surface area contributed by atoms with Crippen molar-refractivity contribution in [1.29, 1.82) is 0 Å². The van der Waals surface area contributed by atoms with Crippen LogP contribution >= 0.6 is 11.6 Å². The van der Waals surface area contributed by atoms with Gasteiger partial charge in [0.05, 0.1) is 24.0 Å². The Morgan fingerprint density at radius 2 is 2.00 bits per heavy atom. The average molecular weight is 286 g/mol. The van der Waals surface area contributed by atoms with Crippen LogP contribution in [-0.2, 0) is 10.0 Å². The van der Waals surface area contributed by atoms with Crippen molar-refractivity contribution in [3.8, 4) is 11.3 Å². The summed E-state index contributed by atoms with van der Waals surface area (Å²) in [5.74, 6) is -0.0293. The first-order chi connectivity index (χ1) is 8.61. The van der Waals surface area contributed by atoms with Gasteiger partial charge >= 0.3 is 0 Å². The molecule has 0 aliphatic carbocycles. The largest absolute Gasteiger partial charge is 0.345 e. The highest BCUT2D eigenvalue weighted by Crippen LogP contribution is 2.19. The van der Waals surface area contributed by atoms with Gasteiger partial charge in [-0.1, -0.05) is 12.1 Å². The molecule has 18 heavy (non-hydrogen) atoms. The summed E-state index contributed by atoms with van der Waals surface area (Å²) < 4.78 is 25.5. The molecule has 2 rings (SSSR count). The first-order valence-corrected chi connectivity index (χ1v) is 7.45. The maximum absolute atomic E-state index is 11.5. The van der Waals surface area contributed by atoms with E-state index in [1.807, 2.05) is 12.1 Å². The zero-order valence-corrected chi connectivity index (χ0v) is 11.0. The Hall–Kier alpha value is -1.53. The van der Waals surface area contributed by atoms with Gasteiger partial charge in [0.15, 0.2) is 0 Å². The van der Waals surface area contributed by atoms with Crippen LogP contribution in [0.4, 0.5) is 5.69 Å². The van der Waals surface area contributed by atoms with Crippen molar-refractivity contribution in [3.05, 3.63) is 36.8 Å². The molecule has 0 aliphatic heterocycles. The van der Waals surface area contributed by atoms with E-state index in [9.17, 15) is 8.42 Å². The Bertz CT molecular complexity index is 594.